The van der Waals surface area contributed by atoms with Gasteiger partial charge in [-0.15, -0.1) is 11.3 Å². The molecule has 3 aromatic rings. The summed E-state index contributed by atoms with van der Waals surface area (Å²) in [5, 5.41) is 3.47. The molecule has 4 rings (SSSR count). The molecular formula is C21H23N3O4S. The first-order chi connectivity index (χ1) is 14.2. The average Bonchev–Trinajstić information content (AvgIpc) is 3.30. The summed E-state index contributed by atoms with van der Waals surface area (Å²) in [5.41, 5.74) is 0.996. The normalized spacial score (nSPS) is 12.7. The van der Waals surface area contributed by atoms with Crippen molar-refractivity contribution in [2.24, 2.45) is 0 Å². The van der Waals surface area contributed by atoms with Crippen LogP contribution in [0.1, 0.15) is 23.8 Å². The number of hydrogen-bond acceptors (Lipinski definition) is 6. The molecule has 1 aromatic carbocycles. The van der Waals surface area contributed by atoms with Gasteiger partial charge in [-0.25, -0.2) is 4.98 Å². The van der Waals surface area contributed by atoms with Crippen molar-refractivity contribution in [2.75, 3.05) is 19.8 Å². The molecule has 7 nitrogen and oxygen atoms in total. The average molecular weight is 413 g/mol. The Morgan fingerprint density at radius 1 is 1.21 bits per heavy atom. The van der Waals surface area contributed by atoms with Crippen LogP contribution >= 0.6 is 11.3 Å². The molecule has 0 saturated heterocycles. The highest BCUT2D eigenvalue weighted by atomic mass is 32.1. The topological polar surface area (TPSA) is 82.4 Å². The van der Waals surface area contributed by atoms with Crippen LogP contribution in [0.25, 0.3) is 10.2 Å². The van der Waals surface area contributed by atoms with E-state index in [1.165, 1.54) is 15.8 Å². The molecule has 1 amide bonds. The van der Waals surface area contributed by atoms with E-state index in [4.69, 9.17) is 9.47 Å². The van der Waals surface area contributed by atoms with E-state index in [2.05, 4.69) is 10.3 Å². The van der Waals surface area contributed by atoms with Gasteiger partial charge in [-0.3, -0.25) is 14.2 Å². The maximum atomic E-state index is 12.8. The maximum absolute atomic E-state index is 12.8. The van der Waals surface area contributed by atoms with Crippen LogP contribution in [0, 0.1) is 0 Å². The lowest BCUT2D eigenvalue weighted by Crippen LogP contribution is -2.34. The van der Waals surface area contributed by atoms with E-state index in [9.17, 15) is 9.59 Å². The first kappa shape index (κ1) is 19.4. The van der Waals surface area contributed by atoms with Crippen molar-refractivity contribution in [3.63, 3.8) is 0 Å². The standard InChI is InChI=1S/C21H23N3O4S/c1-2-27-14-6-8-15(9-7-14)28-11-10-22-18(25)12-24-13-23-20-19(21(24)26)16-4-3-5-17(16)29-20/h6-9,13H,2-5,10-12H2,1H3,(H,22,25). The van der Waals surface area contributed by atoms with E-state index in [1.54, 1.807) is 11.3 Å². The molecule has 1 N–H and O–H groups in total. The molecule has 29 heavy (non-hydrogen) atoms. The lowest BCUT2D eigenvalue weighted by atomic mass is 10.2. The van der Waals surface area contributed by atoms with Crippen LogP contribution in [0.5, 0.6) is 11.5 Å². The molecule has 0 fully saturated rings. The fraction of sp³-hybridized carbons (Fsp3) is 0.381. The van der Waals surface area contributed by atoms with Gasteiger partial charge in [0.15, 0.2) is 0 Å². The molecule has 0 unspecified atom stereocenters. The second-order valence-corrected chi connectivity index (χ2v) is 7.90. The van der Waals surface area contributed by atoms with Gasteiger partial charge in [0.05, 0.1) is 24.9 Å². The summed E-state index contributed by atoms with van der Waals surface area (Å²) in [6.07, 6.45) is 4.49. The fourth-order valence-electron chi connectivity index (χ4n) is 3.50. The van der Waals surface area contributed by atoms with Gasteiger partial charge in [0.1, 0.15) is 29.5 Å². The molecule has 8 heteroatoms. The predicted octanol–water partition coefficient (Wildman–Crippen LogP) is 2.54. The zero-order chi connectivity index (χ0) is 20.2. The highest BCUT2D eigenvalue weighted by Crippen LogP contribution is 2.34. The summed E-state index contributed by atoms with van der Waals surface area (Å²) >= 11 is 1.60. The minimum absolute atomic E-state index is 0.0462. The van der Waals surface area contributed by atoms with Crippen LogP contribution in [0.15, 0.2) is 35.4 Å². The lowest BCUT2D eigenvalue weighted by molar-refractivity contribution is -0.121. The Labute approximate surface area is 172 Å². The van der Waals surface area contributed by atoms with Crippen LogP contribution in [-0.2, 0) is 24.2 Å². The van der Waals surface area contributed by atoms with Gasteiger partial charge in [0, 0.05) is 4.88 Å². The van der Waals surface area contributed by atoms with Crippen molar-refractivity contribution in [1.82, 2.24) is 14.9 Å². The van der Waals surface area contributed by atoms with Gasteiger partial charge in [0.2, 0.25) is 5.91 Å². The van der Waals surface area contributed by atoms with E-state index in [-0.39, 0.29) is 18.0 Å². The number of thiophene rings is 1. The van der Waals surface area contributed by atoms with Gasteiger partial charge in [0.25, 0.3) is 5.56 Å². The number of carbonyl (C=O) groups is 1. The molecule has 1 aliphatic carbocycles. The lowest BCUT2D eigenvalue weighted by Gasteiger charge is -2.09. The molecule has 0 saturated carbocycles. The van der Waals surface area contributed by atoms with Crippen molar-refractivity contribution in [1.29, 1.82) is 0 Å². The summed E-state index contributed by atoms with van der Waals surface area (Å²) in [6.45, 7) is 3.19. The minimum atomic E-state index is -0.240. The first-order valence-electron chi connectivity index (χ1n) is 9.77. The number of benzene rings is 1. The zero-order valence-corrected chi connectivity index (χ0v) is 17.1. The Kier molecular flexibility index (Phi) is 5.80. The Bertz CT molecular complexity index is 1070. The van der Waals surface area contributed by atoms with Gasteiger partial charge >= 0.3 is 0 Å². The number of nitrogens with zero attached hydrogens (tertiary/aromatic N) is 2. The van der Waals surface area contributed by atoms with E-state index in [0.717, 1.165) is 35.4 Å². The van der Waals surface area contributed by atoms with Gasteiger partial charge in [-0.2, -0.15) is 0 Å². The largest absolute Gasteiger partial charge is 0.494 e. The Hall–Kier alpha value is -2.87. The second-order valence-electron chi connectivity index (χ2n) is 6.82. The van der Waals surface area contributed by atoms with Crippen LogP contribution in [0.3, 0.4) is 0 Å². The van der Waals surface area contributed by atoms with Gasteiger partial charge in [-0.1, -0.05) is 0 Å². The van der Waals surface area contributed by atoms with Crippen LogP contribution in [-0.4, -0.2) is 35.2 Å². The molecule has 0 bridgehead atoms. The maximum Gasteiger partial charge on any atom is 0.262 e. The summed E-state index contributed by atoms with van der Waals surface area (Å²) in [6, 6.07) is 7.33. The number of ether oxygens (including phenoxy) is 2. The number of rotatable bonds is 8. The number of aromatic nitrogens is 2. The van der Waals surface area contributed by atoms with Crippen molar-refractivity contribution >= 4 is 27.5 Å². The Morgan fingerprint density at radius 2 is 1.97 bits per heavy atom. The number of carbonyl (C=O) groups excluding carboxylic acids is 1. The van der Waals surface area contributed by atoms with Crippen LogP contribution in [0.2, 0.25) is 0 Å². The molecule has 152 valence electrons. The van der Waals surface area contributed by atoms with Gasteiger partial charge < -0.3 is 14.8 Å². The third-order valence-corrected chi connectivity index (χ3v) is 6.03. The zero-order valence-electron chi connectivity index (χ0n) is 16.3. The SMILES string of the molecule is CCOc1ccc(OCCNC(=O)Cn2cnc3sc4c(c3c2=O)CCC4)cc1. The number of fused-ring (bicyclic) bond motifs is 3. The van der Waals surface area contributed by atoms with Crippen LogP contribution < -0.4 is 20.3 Å². The minimum Gasteiger partial charge on any atom is -0.494 e. The molecule has 0 radical (unpaired) electrons. The smallest absolute Gasteiger partial charge is 0.262 e. The molecule has 0 atom stereocenters. The number of nitrogens with one attached hydrogen (secondary N) is 1. The predicted molar refractivity (Wildman–Crippen MR) is 112 cm³/mol. The Balaban J connectivity index is 1.30. The van der Waals surface area contributed by atoms with E-state index in [0.29, 0.717) is 30.9 Å². The number of hydrogen-bond donors (Lipinski definition) is 1. The van der Waals surface area contributed by atoms with E-state index < -0.39 is 0 Å². The van der Waals surface area contributed by atoms with Crippen molar-refractivity contribution in [2.45, 2.75) is 32.7 Å². The third kappa shape index (κ3) is 4.27. The molecular weight excluding hydrogens is 390 g/mol. The third-order valence-electron chi connectivity index (χ3n) is 4.83. The van der Waals surface area contributed by atoms with Crippen LogP contribution in [0.4, 0.5) is 0 Å². The van der Waals surface area contributed by atoms with Gasteiger partial charge in [-0.05, 0) is 56.0 Å². The monoisotopic (exact) mass is 413 g/mol. The summed E-state index contributed by atoms with van der Waals surface area (Å²) < 4.78 is 12.4. The van der Waals surface area contributed by atoms with Crippen molar-refractivity contribution in [3.05, 3.63) is 51.4 Å². The summed E-state index contributed by atoms with van der Waals surface area (Å²) in [7, 11) is 0. The number of aryl methyl sites for hydroxylation is 2. The van der Waals surface area contributed by atoms with Crippen molar-refractivity contribution < 1.29 is 14.3 Å². The van der Waals surface area contributed by atoms with Crippen molar-refractivity contribution in [3.8, 4) is 11.5 Å². The highest BCUT2D eigenvalue weighted by molar-refractivity contribution is 7.18. The number of amides is 1. The van der Waals surface area contributed by atoms with E-state index in [1.807, 2.05) is 31.2 Å². The molecule has 1 aliphatic rings. The fourth-order valence-corrected chi connectivity index (χ4v) is 4.72. The molecule has 2 aromatic heterocycles. The summed E-state index contributed by atoms with van der Waals surface area (Å²) in [5.74, 6) is 1.26. The first-order valence-corrected chi connectivity index (χ1v) is 10.6. The molecule has 2 heterocycles. The second kappa shape index (κ2) is 8.65. The van der Waals surface area contributed by atoms with E-state index >= 15 is 0 Å². The highest BCUT2D eigenvalue weighted by Gasteiger charge is 2.21. The molecule has 0 spiro atoms. The quantitative estimate of drug-likeness (QED) is 0.574. The summed E-state index contributed by atoms with van der Waals surface area (Å²) in [4.78, 5) is 31.4. The molecule has 0 aliphatic heterocycles. The Morgan fingerprint density at radius 3 is 2.72 bits per heavy atom.